The molecule has 0 amide bonds. The fraction of sp³-hybridized carbons (Fsp3) is 0.400. The van der Waals surface area contributed by atoms with Crippen LogP contribution in [0.2, 0.25) is 0 Å². The molecule has 11 heteroatoms. The van der Waals surface area contributed by atoms with E-state index in [0.717, 1.165) is 0 Å². The number of allylic oxidation sites excluding steroid dienone is 1. The summed E-state index contributed by atoms with van der Waals surface area (Å²) in [7, 11) is 0. The zero-order chi connectivity index (χ0) is 15.4. The van der Waals surface area contributed by atoms with Gasteiger partial charge in [-0.2, -0.15) is 9.78 Å². The Morgan fingerprint density at radius 3 is 2.43 bits per heavy atom. The van der Waals surface area contributed by atoms with Gasteiger partial charge in [0, 0.05) is 13.1 Å². The maximum atomic E-state index is 11.4. The number of rotatable bonds is 4. The van der Waals surface area contributed by atoms with Crippen molar-refractivity contribution in [3.63, 3.8) is 0 Å². The summed E-state index contributed by atoms with van der Waals surface area (Å²) in [4.78, 5) is 16.3. The zero-order valence-electron chi connectivity index (χ0n) is 10.6. The summed E-state index contributed by atoms with van der Waals surface area (Å²) in [5.74, 6) is 0.143. The third-order valence-electron chi connectivity index (χ3n) is 2.71. The summed E-state index contributed by atoms with van der Waals surface area (Å²) in [5, 5.41) is 15.0. The summed E-state index contributed by atoms with van der Waals surface area (Å²) in [5.41, 5.74) is -0.441. The maximum Gasteiger partial charge on any atom is 0.332 e. The number of hydrogen-bond donors (Lipinski definition) is 0. The molecule has 0 atom stereocenters. The number of hydrogen-bond acceptors (Lipinski definition) is 6. The van der Waals surface area contributed by atoms with E-state index in [1.54, 1.807) is 4.90 Å². The molecule has 0 aliphatic carbocycles. The lowest BCUT2D eigenvalue weighted by molar-refractivity contribution is -0.419. The van der Waals surface area contributed by atoms with E-state index in [2.05, 4.69) is 10.1 Å². The van der Waals surface area contributed by atoms with Gasteiger partial charge in [-0.1, -0.05) is 34.8 Å². The van der Waals surface area contributed by atoms with Crippen molar-refractivity contribution in [1.29, 1.82) is 0 Å². The van der Waals surface area contributed by atoms with Crippen molar-refractivity contribution < 1.29 is 9.66 Å². The van der Waals surface area contributed by atoms with Crippen molar-refractivity contribution in [2.24, 2.45) is 0 Å². The van der Waals surface area contributed by atoms with E-state index in [1.165, 1.54) is 17.3 Å². The standard InChI is InChI=1S/C10H10Cl3N5O3/c11-7(9(12)13)8(18(19)20)10(17-6-14-5-15-17)16-1-3-21-4-2-16/h5-6H,1-4H2/b10-8+. The monoisotopic (exact) mass is 353 g/mol. The Morgan fingerprint density at radius 1 is 1.29 bits per heavy atom. The van der Waals surface area contributed by atoms with Gasteiger partial charge >= 0.3 is 5.70 Å². The molecule has 1 aliphatic heterocycles. The van der Waals surface area contributed by atoms with Crippen LogP contribution < -0.4 is 0 Å². The van der Waals surface area contributed by atoms with E-state index in [1.807, 2.05) is 0 Å². The predicted octanol–water partition coefficient (Wildman–Crippen LogP) is 1.90. The largest absolute Gasteiger partial charge is 0.378 e. The second-order valence-corrected chi connectivity index (χ2v) is 5.27. The van der Waals surface area contributed by atoms with Crippen molar-refractivity contribution >= 4 is 40.6 Å². The van der Waals surface area contributed by atoms with Crippen molar-refractivity contribution in [3.8, 4) is 0 Å². The van der Waals surface area contributed by atoms with Crippen LogP contribution in [-0.2, 0) is 4.74 Å². The van der Waals surface area contributed by atoms with E-state index in [0.29, 0.717) is 26.3 Å². The first-order valence-corrected chi connectivity index (χ1v) is 6.93. The molecule has 2 rings (SSSR count). The van der Waals surface area contributed by atoms with Crippen LogP contribution >= 0.6 is 34.8 Å². The van der Waals surface area contributed by atoms with Gasteiger partial charge < -0.3 is 9.64 Å². The van der Waals surface area contributed by atoms with Gasteiger partial charge in [0.05, 0.1) is 18.1 Å². The van der Waals surface area contributed by atoms with Gasteiger partial charge in [-0.05, 0) is 0 Å². The molecule has 0 saturated carbocycles. The highest BCUT2D eigenvalue weighted by Gasteiger charge is 2.31. The van der Waals surface area contributed by atoms with Crippen LogP contribution in [0.5, 0.6) is 0 Å². The fourth-order valence-corrected chi connectivity index (χ4v) is 2.18. The Balaban J connectivity index is 2.62. The minimum Gasteiger partial charge on any atom is -0.378 e. The first kappa shape index (κ1) is 16.0. The number of halogens is 3. The third-order valence-corrected chi connectivity index (χ3v) is 3.65. The molecule has 8 nitrogen and oxygen atoms in total. The molecule has 0 aromatic carbocycles. The topological polar surface area (TPSA) is 86.3 Å². The Morgan fingerprint density at radius 2 is 1.95 bits per heavy atom. The van der Waals surface area contributed by atoms with Crippen molar-refractivity contribution in [1.82, 2.24) is 19.7 Å². The fourth-order valence-electron chi connectivity index (χ4n) is 1.85. The average Bonchev–Trinajstić information content (AvgIpc) is 2.98. The van der Waals surface area contributed by atoms with Crippen LogP contribution in [0.3, 0.4) is 0 Å². The number of morpholine rings is 1. The van der Waals surface area contributed by atoms with Crippen LogP contribution in [0.15, 0.2) is 27.9 Å². The Hall–Kier alpha value is -1.35. The Kier molecular flexibility index (Phi) is 5.40. The van der Waals surface area contributed by atoms with Crippen LogP contribution in [0.4, 0.5) is 0 Å². The van der Waals surface area contributed by atoms with Crippen LogP contribution in [0.1, 0.15) is 0 Å². The molecule has 114 valence electrons. The van der Waals surface area contributed by atoms with Crippen molar-refractivity contribution in [2.45, 2.75) is 0 Å². The number of ether oxygens (including phenoxy) is 1. The highest BCUT2D eigenvalue weighted by molar-refractivity contribution is 6.59. The molecule has 0 unspecified atom stereocenters. The lowest BCUT2D eigenvalue weighted by Crippen LogP contribution is -2.38. The predicted molar refractivity (Wildman–Crippen MR) is 77.2 cm³/mol. The molecule has 0 spiro atoms. The summed E-state index contributed by atoms with van der Waals surface area (Å²) in [6, 6.07) is 0. The maximum absolute atomic E-state index is 11.4. The summed E-state index contributed by atoms with van der Waals surface area (Å²) in [6.07, 6.45) is 2.60. The van der Waals surface area contributed by atoms with E-state index in [9.17, 15) is 10.1 Å². The minimum atomic E-state index is -0.653. The van der Waals surface area contributed by atoms with Crippen molar-refractivity contribution in [3.05, 3.63) is 38.0 Å². The number of nitro groups is 1. The molecule has 1 saturated heterocycles. The lowest BCUT2D eigenvalue weighted by Gasteiger charge is -2.29. The van der Waals surface area contributed by atoms with Gasteiger partial charge in [-0.15, -0.1) is 0 Å². The zero-order valence-corrected chi connectivity index (χ0v) is 12.8. The van der Waals surface area contributed by atoms with Gasteiger partial charge in [0.15, 0.2) is 5.03 Å². The molecule has 0 N–H and O–H groups in total. The number of aromatic nitrogens is 3. The summed E-state index contributed by atoms with van der Waals surface area (Å²) >= 11 is 17.1. The van der Waals surface area contributed by atoms with E-state index in [-0.39, 0.29) is 10.9 Å². The molecule has 1 aliphatic rings. The van der Waals surface area contributed by atoms with Crippen LogP contribution in [0, 0.1) is 10.1 Å². The third kappa shape index (κ3) is 3.65. The SMILES string of the molecule is O=[N+]([O-])/C(C(Cl)=C(Cl)Cl)=C(\N1CCOCC1)n1cncn1. The Labute approximate surface area is 134 Å². The molecule has 2 heterocycles. The highest BCUT2D eigenvalue weighted by Crippen LogP contribution is 2.30. The normalized spacial score (nSPS) is 16.4. The first-order valence-electron chi connectivity index (χ1n) is 5.80. The molecular weight excluding hydrogens is 345 g/mol. The van der Waals surface area contributed by atoms with Gasteiger partial charge in [-0.3, -0.25) is 10.1 Å². The van der Waals surface area contributed by atoms with Crippen molar-refractivity contribution in [2.75, 3.05) is 26.3 Å². The summed E-state index contributed by atoms with van der Waals surface area (Å²) in [6.45, 7) is 1.74. The number of nitrogens with zero attached hydrogens (tertiary/aromatic N) is 5. The van der Waals surface area contributed by atoms with Gasteiger partial charge in [-0.25, -0.2) is 4.98 Å². The second kappa shape index (κ2) is 7.08. The van der Waals surface area contributed by atoms with Gasteiger partial charge in [0.1, 0.15) is 17.1 Å². The second-order valence-electron chi connectivity index (χ2n) is 3.94. The molecule has 1 aromatic rings. The van der Waals surface area contributed by atoms with Gasteiger partial charge in [0.25, 0.3) is 0 Å². The lowest BCUT2D eigenvalue weighted by atomic mass is 10.3. The average molecular weight is 355 g/mol. The first-order chi connectivity index (χ1) is 10.0. The van der Waals surface area contributed by atoms with E-state index >= 15 is 0 Å². The van der Waals surface area contributed by atoms with Crippen LogP contribution in [0.25, 0.3) is 5.82 Å². The highest BCUT2D eigenvalue weighted by atomic mass is 35.5. The molecule has 0 radical (unpaired) electrons. The smallest absolute Gasteiger partial charge is 0.332 e. The van der Waals surface area contributed by atoms with Gasteiger partial charge in [0.2, 0.25) is 5.82 Å². The van der Waals surface area contributed by atoms with E-state index < -0.39 is 15.1 Å². The molecular formula is C10H10Cl3N5O3. The molecule has 0 bridgehead atoms. The summed E-state index contributed by atoms with van der Waals surface area (Å²) < 4.78 is 6.10. The Bertz CT molecular complexity index is 577. The molecule has 21 heavy (non-hydrogen) atoms. The molecule has 1 aromatic heterocycles. The molecule has 1 fully saturated rings. The minimum absolute atomic E-state index is 0.143. The van der Waals surface area contributed by atoms with E-state index in [4.69, 9.17) is 39.5 Å². The quantitative estimate of drug-likeness (QED) is 0.466. The van der Waals surface area contributed by atoms with Crippen LogP contribution in [-0.4, -0.2) is 50.9 Å².